The SMILES string of the molecule is CNC(=O)NC(=O)COc1ncnc2ccccc12. The highest BCUT2D eigenvalue weighted by molar-refractivity contribution is 5.95. The molecule has 7 heteroatoms. The fraction of sp³-hybridized carbons (Fsp3) is 0.167. The zero-order valence-corrected chi connectivity index (χ0v) is 10.2. The summed E-state index contributed by atoms with van der Waals surface area (Å²) in [5.74, 6) is -0.250. The molecule has 0 radical (unpaired) electrons. The summed E-state index contributed by atoms with van der Waals surface area (Å²) in [6.07, 6.45) is 1.36. The third kappa shape index (κ3) is 3.15. The van der Waals surface area contributed by atoms with Crippen molar-refractivity contribution in [2.24, 2.45) is 0 Å². The molecular formula is C12H12N4O3. The second-order valence-corrected chi connectivity index (χ2v) is 3.61. The molecule has 0 unspecified atom stereocenters. The Labute approximate surface area is 109 Å². The first-order valence-corrected chi connectivity index (χ1v) is 5.55. The molecular weight excluding hydrogens is 248 g/mol. The number of carbonyl (C=O) groups is 2. The number of hydrogen-bond donors (Lipinski definition) is 2. The minimum atomic E-state index is -0.582. The summed E-state index contributed by atoms with van der Waals surface area (Å²) >= 11 is 0. The van der Waals surface area contributed by atoms with Crippen molar-refractivity contribution in [1.29, 1.82) is 0 Å². The Hall–Kier alpha value is -2.70. The maximum absolute atomic E-state index is 11.4. The highest BCUT2D eigenvalue weighted by Crippen LogP contribution is 2.20. The van der Waals surface area contributed by atoms with E-state index in [0.29, 0.717) is 11.3 Å². The number of urea groups is 1. The lowest BCUT2D eigenvalue weighted by Gasteiger charge is -2.07. The molecule has 0 spiro atoms. The number of benzene rings is 1. The van der Waals surface area contributed by atoms with Crippen molar-refractivity contribution >= 4 is 22.8 Å². The van der Waals surface area contributed by atoms with E-state index in [2.05, 4.69) is 20.6 Å². The zero-order chi connectivity index (χ0) is 13.7. The monoisotopic (exact) mass is 260 g/mol. The Bertz CT molecular complexity index is 609. The number of para-hydroxylation sites is 1. The number of imide groups is 1. The predicted octanol–water partition coefficient (Wildman–Crippen LogP) is 0.464. The minimum Gasteiger partial charge on any atom is -0.467 e. The highest BCUT2D eigenvalue weighted by atomic mass is 16.5. The molecule has 1 aromatic heterocycles. The molecule has 0 aliphatic heterocycles. The number of amides is 3. The van der Waals surface area contributed by atoms with Gasteiger partial charge in [0.25, 0.3) is 5.91 Å². The molecule has 1 heterocycles. The Morgan fingerprint density at radius 2 is 2.05 bits per heavy atom. The quantitative estimate of drug-likeness (QED) is 0.836. The number of nitrogens with zero attached hydrogens (tertiary/aromatic N) is 2. The molecule has 0 aliphatic rings. The number of hydrogen-bond acceptors (Lipinski definition) is 5. The average molecular weight is 260 g/mol. The molecule has 0 fully saturated rings. The van der Waals surface area contributed by atoms with E-state index in [1.165, 1.54) is 13.4 Å². The molecule has 2 aromatic rings. The molecule has 0 aliphatic carbocycles. The van der Waals surface area contributed by atoms with Crippen LogP contribution in [0.5, 0.6) is 5.88 Å². The van der Waals surface area contributed by atoms with E-state index in [9.17, 15) is 9.59 Å². The Balaban J connectivity index is 2.06. The summed E-state index contributed by atoms with van der Waals surface area (Å²) in [6, 6.07) is 6.69. The summed E-state index contributed by atoms with van der Waals surface area (Å²) in [7, 11) is 1.42. The van der Waals surface area contributed by atoms with Gasteiger partial charge in [-0.15, -0.1) is 0 Å². The van der Waals surface area contributed by atoms with Crippen molar-refractivity contribution < 1.29 is 14.3 Å². The van der Waals surface area contributed by atoms with Crippen molar-refractivity contribution in [3.8, 4) is 5.88 Å². The van der Waals surface area contributed by atoms with Crippen LogP contribution >= 0.6 is 0 Å². The Morgan fingerprint density at radius 1 is 1.26 bits per heavy atom. The van der Waals surface area contributed by atoms with E-state index in [1.54, 1.807) is 6.07 Å². The molecule has 2 N–H and O–H groups in total. The van der Waals surface area contributed by atoms with Gasteiger partial charge in [-0.1, -0.05) is 12.1 Å². The van der Waals surface area contributed by atoms with Crippen molar-refractivity contribution in [2.45, 2.75) is 0 Å². The minimum absolute atomic E-state index is 0.297. The van der Waals surface area contributed by atoms with Gasteiger partial charge in [0.05, 0.1) is 10.9 Å². The van der Waals surface area contributed by atoms with Crippen LogP contribution in [0.1, 0.15) is 0 Å². The van der Waals surface area contributed by atoms with Crippen LogP contribution in [0.15, 0.2) is 30.6 Å². The lowest BCUT2D eigenvalue weighted by atomic mass is 10.2. The number of fused-ring (bicyclic) bond motifs is 1. The summed E-state index contributed by atoms with van der Waals surface area (Å²) < 4.78 is 5.28. The van der Waals surface area contributed by atoms with Crippen LogP contribution in [0.4, 0.5) is 4.79 Å². The van der Waals surface area contributed by atoms with Gasteiger partial charge < -0.3 is 10.1 Å². The summed E-state index contributed by atoms with van der Waals surface area (Å²) in [5, 5.41) is 5.07. The van der Waals surface area contributed by atoms with Crippen LogP contribution in [-0.4, -0.2) is 35.6 Å². The highest BCUT2D eigenvalue weighted by Gasteiger charge is 2.09. The van der Waals surface area contributed by atoms with Gasteiger partial charge in [0.1, 0.15) is 6.33 Å². The van der Waals surface area contributed by atoms with Crippen LogP contribution in [0.2, 0.25) is 0 Å². The molecule has 0 saturated heterocycles. The summed E-state index contributed by atoms with van der Waals surface area (Å²) in [5.41, 5.74) is 0.721. The molecule has 0 bridgehead atoms. The van der Waals surface area contributed by atoms with Gasteiger partial charge in [-0.2, -0.15) is 0 Å². The number of ether oxygens (including phenoxy) is 1. The first-order valence-electron chi connectivity index (χ1n) is 5.55. The van der Waals surface area contributed by atoms with Crippen LogP contribution in [0.25, 0.3) is 10.9 Å². The maximum Gasteiger partial charge on any atom is 0.321 e. The molecule has 7 nitrogen and oxygen atoms in total. The molecule has 1 aromatic carbocycles. The average Bonchev–Trinajstić information content (AvgIpc) is 2.44. The lowest BCUT2D eigenvalue weighted by molar-refractivity contribution is -0.122. The predicted molar refractivity (Wildman–Crippen MR) is 67.6 cm³/mol. The first kappa shape index (κ1) is 12.7. The standard InChI is InChI=1S/C12H12N4O3/c1-13-12(18)16-10(17)6-19-11-8-4-2-3-5-9(8)14-7-15-11/h2-5,7H,6H2,1H3,(H2,13,16,17,18). The number of nitrogens with one attached hydrogen (secondary N) is 2. The van der Waals surface area contributed by atoms with Gasteiger partial charge in [-0.05, 0) is 12.1 Å². The second kappa shape index (κ2) is 5.76. The van der Waals surface area contributed by atoms with Crippen LogP contribution in [-0.2, 0) is 4.79 Å². The summed E-state index contributed by atoms with van der Waals surface area (Å²) in [6.45, 7) is -0.297. The molecule has 19 heavy (non-hydrogen) atoms. The fourth-order valence-electron chi connectivity index (χ4n) is 1.45. The smallest absolute Gasteiger partial charge is 0.321 e. The Kier molecular flexibility index (Phi) is 3.87. The van der Waals surface area contributed by atoms with E-state index >= 15 is 0 Å². The molecule has 2 rings (SSSR count). The maximum atomic E-state index is 11.4. The van der Waals surface area contributed by atoms with E-state index in [4.69, 9.17) is 4.74 Å². The fourth-order valence-corrected chi connectivity index (χ4v) is 1.45. The third-order valence-corrected chi connectivity index (χ3v) is 2.33. The third-order valence-electron chi connectivity index (χ3n) is 2.33. The number of aromatic nitrogens is 2. The number of rotatable bonds is 3. The lowest BCUT2D eigenvalue weighted by Crippen LogP contribution is -2.40. The van der Waals surface area contributed by atoms with Crippen molar-refractivity contribution in [2.75, 3.05) is 13.7 Å². The van der Waals surface area contributed by atoms with Crippen LogP contribution in [0.3, 0.4) is 0 Å². The van der Waals surface area contributed by atoms with Crippen molar-refractivity contribution in [3.05, 3.63) is 30.6 Å². The summed E-state index contributed by atoms with van der Waals surface area (Å²) in [4.78, 5) is 30.3. The molecule has 3 amide bonds. The van der Waals surface area contributed by atoms with Crippen LogP contribution < -0.4 is 15.4 Å². The first-order chi connectivity index (χ1) is 9.20. The van der Waals surface area contributed by atoms with E-state index in [0.717, 1.165) is 5.52 Å². The Morgan fingerprint density at radius 3 is 2.84 bits per heavy atom. The van der Waals surface area contributed by atoms with Gasteiger partial charge >= 0.3 is 6.03 Å². The largest absolute Gasteiger partial charge is 0.467 e. The van der Waals surface area contributed by atoms with E-state index in [1.807, 2.05) is 18.2 Å². The molecule has 98 valence electrons. The topological polar surface area (TPSA) is 93.2 Å². The van der Waals surface area contributed by atoms with Gasteiger partial charge in [-0.25, -0.2) is 14.8 Å². The van der Waals surface area contributed by atoms with Crippen molar-refractivity contribution in [1.82, 2.24) is 20.6 Å². The van der Waals surface area contributed by atoms with Crippen molar-refractivity contribution in [3.63, 3.8) is 0 Å². The van der Waals surface area contributed by atoms with Gasteiger partial charge in [0.15, 0.2) is 6.61 Å². The van der Waals surface area contributed by atoms with E-state index < -0.39 is 11.9 Å². The van der Waals surface area contributed by atoms with Gasteiger partial charge in [0, 0.05) is 7.05 Å². The van der Waals surface area contributed by atoms with Gasteiger partial charge in [-0.3, -0.25) is 10.1 Å². The molecule has 0 saturated carbocycles. The normalized spacial score (nSPS) is 9.95. The van der Waals surface area contributed by atoms with E-state index in [-0.39, 0.29) is 6.61 Å². The van der Waals surface area contributed by atoms with Gasteiger partial charge in [0.2, 0.25) is 5.88 Å². The molecule has 0 atom stereocenters. The van der Waals surface area contributed by atoms with Crippen LogP contribution in [0, 0.1) is 0 Å². The second-order valence-electron chi connectivity index (χ2n) is 3.61. The number of carbonyl (C=O) groups excluding carboxylic acids is 2. The zero-order valence-electron chi connectivity index (χ0n) is 10.2.